The van der Waals surface area contributed by atoms with E-state index in [0.29, 0.717) is 19.3 Å². The number of hydrogen-bond donors (Lipinski definition) is 0. The Morgan fingerprint density at radius 1 is 1.16 bits per heavy atom. The highest BCUT2D eigenvalue weighted by molar-refractivity contribution is 6.11. The molecule has 0 N–H and O–H groups in total. The summed E-state index contributed by atoms with van der Waals surface area (Å²) in [6.07, 6.45) is 2.86. The number of Topliss-reactive ketones (excluding diaryl/α,β-unsaturated/α-hetero) is 2. The highest BCUT2D eigenvalue weighted by Gasteiger charge is 2.60. The molecule has 1 saturated carbocycles. The summed E-state index contributed by atoms with van der Waals surface area (Å²) in [5, 5.41) is 11.2. The van der Waals surface area contributed by atoms with Gasteiger partial charge in [0, 0.05) is 43.2 Å². The summed E-state index contributed by atoms with van der Waals surface area (Å²) in [6, 6.07) is 4.74. The molecule has 0 amide bonds. The third-order valence-electron chi connectivity index (χ3n) is 6.15. The first-order valence-corrected chi connectivity index (χ1v) is 8.85. The minimum atomic E-state index is -1.02. The molecular formula is C19H22N2O4. The first-order valence-electron chi connectivity index (χ1n) is 8.85. The molecule has 1 spiro atoms. The van der Waals surface area contributed by atoms with E-state index in [2.05, 4.69) is 4.90 Å². The molecule has 2 heterocycles. The maximum Gasteiger partial charge on any atom is 0.269 e. The fourth-order valence-corrected chi connectivity index (χ4v) is 5.06. The van der Waals surface area contributed by atoms with Gasteiger partial charge in [-0.1, -0.05) is 13.8 Å². The minimum Gasteiger partial charge on any atom is -0.367 e. The van der Waals surface area contributed by atoms with Crippen LogP contribution in [0.1, 0.15) is 45.1 Å². The van der Waals surface area contributed by atoms with Crippen molar-refractivity contribution in [2.75, 3.05) is 11.4 Å². The van der Waals surface area contributed by atoms with E-state index < -0.39 is 10.3 Å². The molecule has 2 aliphatic heterocycles. The Balaban J connectivity index is 1.85. The van der Waals surface area contributed by atoms with Gasteiger partial charge in [0.15, 0.2) is 0 Å². The van der Waals surface area contributed by atoms with Crippen molar-refractivity contribution in [2.45, 2.75) is 52.0 Å². The number of fused-ring (bicyclic) bond motifs is 4. The van der Waals surface area contributed by atoms with Gasteiger partial charge < -0.3 is 4.90 Å². The maximum atomic E-state index is 13.2. The second kappa shape index (κ2) is 5.13. The Morgan fingerprint density at radius 3 is 2.48 bits per heavy atom. The van der Waals surface area contributed by atoms with Crippen LogP contribution in [0.25, 0.3) is 0 Å². The number of benzene rings is 1. The molecule has 132 valence electrons. The monoisotopic (exact) mass is 342 g/mol. The van der Waals surface area contributed by atoms with Gasteiger partial charge in [0.1, 0.15) is 17.0 Å². The largest absolute Gasteiger partial charge is 0.367 e. The van der Waals surface area contributed by atoms with Gasteiger partial charge >= 0.3 is 0 Å². The third-order valence-corrected chi connectivity index (χ3v) is 6.15. The number of ketones is 2. The van der Waals surface area contributed by atoms with Crippen molar-refractivity contribution in [2.24, 2.45) is 10.8 Å². The van der Waals surface area contributed by atoms with E-state index in [4.69, 9.17) is 0 Å². The lowest BCUT2D eigenvalue weighted by atomic mass is 9.56. The predicted octanol–water partition coefficient (Wildman–Crippen LogP) is 3.06. The van der Waals surface area contributed by atoms with Gasteiger partial charge in [-0.2, -0.15) is 0 Å². The zero-order valence-corrected chi connectivity index (χ0v) is 14.6. The fraction of sp³-hybridized carbons (Fsp3) is 0.579. The highest BCUT2D eigenvalue weighted by atomic mass is 16.6. The van der Waals surface area contributed by atoms with E-state index in [0.717, 1.165) is 30.6 Å². The molecule has 0 bridgehead atoms. The van der Waals surface area contributed by atoms with Gasteiger partial charge in [0.25, 0.3) is 5.69 Å². The standard InChI is InChI=1S/C19H22N2O4/c1-18(2)10-16(22)19(17(23)11-18)9-12-8-13(21(24)25)5-6-14(12)20-7-3-4-15(19)20/h5-6,8,15H,3-4,7,9-11H2,1-2H3. The second-order valence-electron chi connectivity index (χ2n) is 8.43. The van der Waals surface area contributed by atoms with Crippen molar-refractivity contribution in [3.05, 3.63) is 33.9 Å². The molecule has 1 aromatic carbocycles. The molecule has 2 fully saturated rings. The lowest BCUT2D eigenvalue weighted by Crippen LogP contribution is -2.61. The molecule has 0 radical (unpaired) electrons. The van der Waals surface area contributed by atoms with E-state index in [1.807, 2.05) is 13.8 Å². The van der Waals surface area contributed by atoms with Gasteiger partial charge in [0.2, 0.25) is 0 Å². The molecule has 6 heteroatoms. The van der Waals surface area contributed by atoms with Crippen molar-refractivity contribution < 1.29 is 14.5 Å². The van der Waals surface area contributed by atoms with Gasteiger partial charge in [-0.25, -0.2) is 0 Å². The number of nitro groups is 1. The van der Waals surface area contributed by atoms with Crippen LogP contribution in [0.5, 0.6) is 0 Å². The Hall–Kier alpha value is -2.24. The van der Waals surface area contributed by atoms with Gasteiger partial charge in [0.05, 0.1) is 4.92 Å². The van der Waals surface area contributed by atoms with Crippen molar-refractivity contribution in [3.63, 3.8) is 0 Å². The average molecular weight is 342 g/mol. The summed E-state index contributed by atoms with van der Waals surface area (Å²) in [5.41, 5.74) is 0.403. The number of hydrogen-bond acceptors (Lipinski definition) is 5. The topological polar surface area (TPSA) is 80.5 Å². The normalized spacial score (nSPS) is 26.5. The van der Waals surface area contributed by atoms with Crippen LogP contribution in [-0.4, -0.2) is 29.1 Å². The lowest BCUT2D eigenvalue weighted by Gasteiger charge is -2.50. The molecule has 4 rings (SSSR count). The summed E-state index contributed by atoms with van der Waals surface area (Å²) in [7, 11) is 0. The molecule has 6 nitrogen and oxygen atoms in total. The molecule has 1 unspecified atom stereocenters. The van der Waals surface area contributed by atoms with E-state index >= 15 is 0 Å². The van der Waals surface area contributed by atoms with Crippen molar-refractivity contribution in [1.29, 1.82) is 0 Å². The summed E-state index contributed by atoms with van der Waals surface area (Å²) in [5.74, 6) is 0.0330. The number of carbonyl (C=O) groups excluding carboxylic acids is 2. The molecular weight excluding hydrogens is 320 g/mol. The predicted molar refractivity (Wildman–Crippen MR) is 92.6 cm³/mol. The average Bonchev–Trinajstić information content (AvgIpc) is 3.01. The van der Waals surface area contributed by atoms with E-state index in [1.54, 1.807) is 12.1 Å². The lowest BCUT2D eigenvalue weighted by molar-refractivity contribution is -0.384. The van der Waals surface area contributed by atoms with Crippen LogP contribution in [0.4, 0.5) is 11.4 Å². The molecule has 3 aliphatic rings. The molecule has 0 aromatic heterocycles. The Morgan fingerprint density at radius 2 is 1.84 bits per heavy atom. The van der Waals surface area contributed by atoms with Crippen LogP contribution < -0.4 is 4.90 Å². The minimum absolute atomic E-state index is 0.0163. The zero-order valence-electron chi connectivity index (χ0n) is 14.6. The molecule has 1 aliphatic carbocycles. The van der Waals surface area contributed by atoms with E-state index in [9.17, 15) is 19.7 Å². The summed E-state index contributed by atoms with van der Waals surface area (Å²) in [4.78, 5) is 39.3. The van der Waals surface area contributed by atoms with Crippen LogP contribution in [0.15, 0.2) is 18.2 Å². The van der Waals surface area contributed by atoms with Gasteiger partial charge in [-0.15, -0.1) is 0 Å². The summed E-state index contributed by atoms with van der Waals surface area (Å²) in [6.45, 7) is 4.72. The van der Waals surface area contributed by atoms with E-state index in [-0.39, 0.29) is 28.7 Å². The van der Waals surface area contributed by atoms with Crippen molar-refractivity contribution in [1.82, 2.24) is 0 Å². The van der Waals surface area contributed by atoms with Crippen LogP contribution in [-0.2, 0) is 16.0 Å². The molecule has 1 atom stereocenters. The van der Waals surface area contributed by atoms with Crippen LogP contribution in [0.3, 0.4) is 0 Å². The van der Waals surface area contributed by atoms with Crippen LogP contribution >= 0.6 is 0 Å². The molecule has 25 heavy (non-hydrogen) atoms. The van der Waals surface area contributed by atoms with Crippen LogP contribution in [0, 0.1) is 20.9 Å². The SMILES string of the molecule is CC1(C)CC(=O)C2(Cc3cc([N+](=O)[O-])ccc3N3CCCC32)C(=O)C1. The van der Waals surface area contributed by atoms with Crippen LogP contribution in [0.2, 0.25) is 0 Å². The van der Waals surface area contributed by atoms with Crippen molar-refractivity contribution in [3.8, 4) is 0 Å². The number of non-ortho nitro benzene ring substituents is 1. The Bertz CT molecular complexity index is 779. The molecule has 1 saturated heterocycles. The summed E-state index contributed by atoms with van der Waals surface area (Å²) >= 11 is 0. The smallest absolute Gasteiger partial charge is 0.269 e. The third kappa shape index (κ3) is 2.23. The number of nitrogens with zero attached hydrogens (tertiary/aromatic N) is 2. The summed E-state index contributed by atoms with van der Waals surface area (Å²) < 4.78 is 0. The quantitative estimate of drug-likeness (QED) is 0.445. The molecule has 1 aromatic rings. The number of rotatable bonds is 1. The van der Waals surface area contributed by atoms with Gasteiger partial charge in [-0.05, 0) is 36.3 Å². The number of anilines is 1. The first kappa shape index (κ1) is 16.2. The number of nitro benzene ring substituents is 1. The Labute approximate surface area is 146 Å². The van der Waals surface area contributed by atoms with E-state index in [1.165, 1.54) is 6.07 Å². The zero-order chi connectivity index (χ0) is 18.0. The van der Waals surface area contributed by atoms with Crippen molar-refractivity contribution >= 4 is 22.9 Å². The maximum absolute atomic E-state index is 13.2. The second-order valence-corrected chi connectivity index (χ2v) is 8.43. The highest BCUT2D eigenvalue weighted by Crippen LogP contribution is 2.52. The fourth-order valence-electron chi connectivity index (χ4n) is 5.06. The van der Waals surface area contributed by atoms with Gasteiger partial charge in [-0.3, -0.25) is 19.7 Å². The Kier molecular flexibility index (Phi) is 3.33. The number of carbonyl (C=O) groups is 2. The first-order chi connectivity index (χ1) is 11.7.